The average Bonchev–Trinajstić information content (AvgIpc) is 2.93. The van der Waals surface area contributed by atoms with E-state index >= 15 is 0 Å². The molecule has 1 amide bonds. The van der Waals surface area contributed by atoms with E-state index in [0.717, 1.165) is 31.1 Å². The molecule has 0 bridgehead atoms. The highest BCUT2D eigenvalue weighted by Crippen LogP contribution is 2.29. The molecule has 1 aromatic carbocycles. The normalized spacial score (nSPS) is 25.2. The number of benzene rings is 1. The molecule has 2 aliphatic rings. The van der Waals surface area contributed by atoms with Gasteiger partial charge in [0, 0.05) is 25.2 Å². The van der Waals surface area contributed by atoms with Crippen LogP contribution >= 0.6 is 0 Å². The third-order valence-electron chi connectivity index (χ3n) is 4.91. The number of amides is 1. The van der Waals surface area contributed by atoms with Crippen molar-refractivity contribution in [1.82, 2.24) is 10.6 Å². The predicted octanol–water partition coefficient (Wildman–Crippen LogP) is 2.85. The highest BCUT2D eigenvalue weighted by Gasteiger charge is 2.22. The van der Waals surface area contributed by atoms with Gasteiger partial charge in [-0.25, -0.2) is 0 Å². The smallest absolute Gasteiger partial charge is 0.251 e. The van der Waals surface area contributed by atoms with Crippen LogP contribution in [0.5, 0.6) is 0 Å². The number of fused-ring (bicyclic) bond motifs is 1. The Balaban J connectivity index is 1.59. The summed E-state index contributed by atoms with van der Waals surface area (Å²) in [6.07, 6.45) is 5.24. The maximum atomic E-state index is 12.3. The van der Waals surface area contributed by atoms with Gasteiger partial charge >= 0.3 is 0 Å². The fraction of sp³-hybridized carbons (Fsp3) is 0.588. The van der Waals surface area contributed by atoms with Gasteiger partial charge in [0.25, 0.3) is 5.91 Å². The van der Waals surface area contributed by atoms with Gasteiger partial charge in [-0.2, -0.15) is 0 Å². The van der Waals surface area contributed by atoms with Gasteiger partial charge in [0.1, 0.15) is 0 Å². The third kappa shape index (κ3) is 2.88. The lowest BCUT2D eigenvalue weighted by molar-refractivity contribution is 0.0936. The number of carbonyl (C=O) groups excluding carboxylic acids is 1. The molecule has 1 aromatic rings. The summed E-state index contributed by atoms with van der Waals surface area (Å²) in [4.78, 5) is 12.3. The molecule has 108 valence electrons. The van der Waals surface area contributed by atoms with E-state index in [0.29, 0.717) is 5.92 Å². The molecule has 3 heteroatoms. The van der Waals surface area contributed by atoms with Crippen LogP contribution in [0.4, 0.5) is 0 Å². The molecule has 1 saturated carbocycles. The van der Waals surface area contributed by atoms with Crippen molar-refractivity contribution in [3.8, 4) is 0 Å². The Kier molecular flexibility index (Phi) is 4.06. The van der Waals surface area contributed by atoms with Crippen molar-refractivity contribution in [1.29, 1.82) is 0 Å². The van der Waals surface area contributed by atoms with Crippen molar-refractivity contribution in [2.75, 3.05) is 6.54 Å². The van der Waals surface area contributed by atoms with Gasteiger partial charge in [-0.15, -0.1) is 0 Å². The lowest BCUT2D eigenvalue weighted by Crippen LogP contribution is -2.33. The minimum Gasteiger partial charge on any atom is -0.352 e. The van der Waals surface area contributed by atoms with Crippen molar-refractivity contribution in [3.05, 3.63) is 34.9 Å². The quantitative estimate of drug-likeness (QED) is 0.888. The summed E-state index contributed by atoms with van der Waals surface area (Å²) in [5.41, 5.74) is 3.39. The predicted molar refractivity (Wildman–Crippen MR) is 80.4 cm³/mol. The fourth-order valence-corrected chi connectivity index (χ4v) is 3.46. The van der Waals surface area contributed by atoms with E-state index in [2.05, 4.69) is 23.6 Å². The van der Waals surface area contributed by atoms with Gasteiger partial charge in [0.2, 0.25) is 0 Å². The minimum absolute atomic E-state index is 0.0810. The topological polar surface area (TPSA) is 41.1 Å². The zero-order valence-corrected chi connectivity index (χ0v) is 12.2. The van der Waals surface area contributed by atoms with E-state index in [4.69, 9.17) is 0 Å². The average molecular weight is 272 g/mol. The fourth-order valence-electron chi connectivity index (χ4n) is 3.46. The van der Waals surface area contributed by atoms with Crippen LogP contribution in [0.15, 0.2) is 18.2 Å². The number of hydrogen-bond acceptors (Lipinski definition) is 2. The van der Waals surface area contributed by atoms with Crippen LogP contribution in [0, 0.1) is 11.8 Å². The zero-order chi connectivity index (χ0) is 13.9. The Bertz CT molecular complexity index is 498. The first-order valence-electron chi connectivity index (χ1n) is 7.85. The maximum absolute atomic E-state index is 12.3. The second-order valence-electron chi connectivity index (χ2n) is 6.32. The largest absolute Gasteiger partial charge is 0.352 e. The first-order chi connectivity index (χ1) is 9.74. The van der Waals surface area contributed by atoms with Crippen LogP contribution in [0.2, 0.25) is 0 Å². The van der Waals surface area contributed by atoms with E-state index in [1.165, 1.54) is 36.8 Å². The molecule has 2 N–H and O–H groups in total. The molecule has 2 unspecified atom stereocenters. The van der Waals surface area contributed by atoms with E-state index < -0.39 is 0 Å². The van der Waals surface area contributed by atoms with Gasteiger partial charge in [0.15, 0.2) is 0 Å². The lowest BCUT2D eigenvalue weighted by Gasteiger charge is -2.28. The van der Waals surface area contributed by atoms with Gasteiger partial charge in [-0.05, 0) is 41.5 Å². The molecule has 0 aromatic heterocycles. The van der Waals surface area contributed by atoms with Crippen molar-refractivity contribution in [2.45, 2.75) is 45.7 Å². The summed E-state index contributed by atoms with van der Waals surface area (Å²) >= 11 is 0. The number of carbonyl (C=O) groups is 1. The summed E-state index contributed by atoms with van der Waals surface area (Å²) < 4.78 is 0. The van der Waals surface area contributed by atoms with Crippen molar-refractivity contribution >= 4 is 5.91 Å². The molecule has 20 heavy (non-hydrogen) atoms. The number of nitrogens with one attached hydrogen (secondary N) is 2. The monoisotopic (exact) mass is 272 g/mol. The highest BCUT2D eigenvalue weighted by atomic mass is 16.1. The summed E-state index contributed by atoms with van der Waals surface area (Å²) in [6.45, 7) is 4.96. The van der Waals surface area contributed by atoms with Gasteiger partial charge in [-0.1, -0.05) is 32.3 Å². The van der Waals surface area contributed by atoms with Crippen LogP contribution in [-0.2, 0) is 13.1 Å². The maximum Gasteiger partial charge on any atom is 0.251 e. The Morgan fingerprint density at radius 3 is 2.90 bits per heavy atom. The number of rotatable bonds is 3. The molecule has 1 aliphatic heterocycles. The number of hydrogen-bond donors (Lipinski definition) is 2. The second-order valence-corrected chi connectivity index (χ2v) is 6.32. The molecule has 0 spiro atoms. The standard InChI is InChI=1S/C17H24N2O/c1-12-4-2-3-5-14(12)11-19-17(20)13-6-7-15-9-18-10-16(15)8-13/h6-8,12,14,18H,2-5,9-11H2,1H3,(H,19,20). The van der Waals surface area contributed by atoms with Gasteiger partial charge in [-0.3, -0.25) is 4.79 Å². The van der Waals surface area contributed by atoms with Crippen molar-refractivity contribution < 1.29 is 4.79 Å². The molecule has 2 atom stereocenters. The van der Waals surface area contributed by atoms with Crippen LogP contribution in [0.1, 0.15) is 54.1 Å². The minimum atomic E-state index is 0.0810. The Morgan fingerprint density at radius 1 is 1.25 bits per heavy atom. The zero-order valence-electron chi connectivity index (χ0n) is 12.2. The molecule has 1 fully saturated rings. The lowest BCUT2D eigenvalue weighted by atomic mass is 9.80. The van der Waals surface area contributed by atoms with E-state index in [1.54, 1.807) is 0 Å². The first-order valence-corrected chi connectivity index (χ1v) is 7.85. The van der Waals surface area contributed by atoms with Crippen LogP contribution in [-0.4, -0.2) is 12.5 Å². The van der Waals surface area contributed by atoms with E-state index in [9.17, 15) is 4.79 Å². The molecule has 0 saturated heterocycles. The Labute approximate surface area is 121 Å². The molecular weight excluding hydrogens is 248 g/mol. The van der Waals surface area contributed by atoms with E-state index in [1.807, 2.05) is 12.1 Å². The molecule has 1 aliphatic carbocycles. The highest BCUT2D eigenvalue weighted by molar-refractivity contribution is 5.94. The molecule has 3 nitrogen and oxygen atoms in total. The van der Waals surface area contributed by atoms with Crippen molar-refractivity contribution in [2.24, 2.45) is 11.8 Å². The summed E-state index contributed by atoms with van der Waals surface area (Å²) in [5.74, 6) is 1.48. The van der Waals surface area contributed by atoms with E-state index in [-0.39, 0.29) is 5.91 Å². The SMILES string of the molecule is CC1CCCCC1CNC(=O)c1ccc2c(c1)CNC2. The van der Waals surface area contributed by atoms with Crippen molar-refractivity contribution in [3.63, 3.8) is 0 Å². The summed E-state index contributed by atoms with van der Waals surface area (Å²) in [6, 6.07) is 6.06. The molecule has 1 heterocycles. The molecule has 3 rings (SSSR count). The van der Waals surface area contributed by atoms with Gasteiger partial charge < -0.3 is 10.6 Å². The summed E-state index contributed by atoms with van der Waals surface area (Å²) in [5, 5.41) is 6.44. The first kappa shape index (κ1) is 13.6. The molecular formula is C17H24N2O. The second kappa shape index (κ2) is 5.96. The third-order valence-corrected chi connectivity index (χ3v) is 4.91. The van der Waals surface area contributed by atoms with Gasteiger partial charge in [0.05, 0.1) is 0 Å². The Morgan fingerprint density at radius 2 is 2.05 bits per heavy atom. The van der Waals surface area contributed by atoms with Crippen LogP contribution < -0.4 is 10.6 Å². The molecule has 0 radical (unpaired) electrons. The Hall–Kier alpha value is -1.35. The van der Waals surface area contributed by atoms with Crippen LogP contribution in [0.3, 0.4) is 0 Å². The van der Waals surface area contributed by atoms with Crippen LogP contribution in [0.25, 0.3) is 0 Å². The summed E-state index contributed by atoms with van der Waals surface area (Å²) in [7, 11) is 0.